The Bertz CT molecular complexity index is 545. The minimum atomic E-state index is -4.90. The van der Waals surface area contributed by atoms with Crippen molar-refractivity contribution in [3.8, 4) is 0 Å². The maximum Gasteiger partial charge on any atom is 0.397 e. The van der Waals surface area contributed by atoms with Crippen LogP contribution in [0.1, 0.15) is 77.6 Å². The molecular formula is C15H32O9S2. The van der Waals surface area contributed by atoms with Gasteiger partial charge in [0.2, 0.25) is 0 Å². The third-order valence-corrected chi connectivity index (χ3v) is 4.83. The molecule has 0 aromatic carbocycles. The normalized spacial score (nSPS) is 15.1. The number of hydrogen-bond acceptors (Lipinski definition) is 7. The fourth-order valence-corrected chi connectivity index (χ4v) is 3.34. The van der Waals surface area contributed by atoms with Crippen molar-refractivity contribution < 1.29 is 39.4 Å². The zero-order chi connectivity index (χ0) is 20.1. The summed E-state index contributed by atoms with van der Waals surface area (Å²) in [6.07, 6.45) is 7.97. The average molecular weight is 421 g/mol. The molecule has 0 aliphatic carbocycles. The van der Waals surface area contributed by atoms with E-state index in [9.17, 15) is 21.9 Å². The topological polar surface area (TPSA) is 147 Å². The Morgan fingerprint density at radius 3 is 1.65 bits per heavy atom. The minimum absolute atomic E-state index is 0.144. The van der Waals surface area contributed by atoms with Gasteiger partial charge in [0.25, 0.3) is 0 Å². The predicted octanol–water partition coefficient (Wildman–Crippen LogP) is 2.67. The van der Waals surface area contributed by atoms with Crippen LogP contribution in [0.15, 0.2) is 0 Å². The lowest BCUT2D eigenvalue weighted by atomic mass is 10.0. The molecule has 158 valence electrons. The van der Waals surface area contributed by atoms with Gasteiger partial charge in [-0.2, -0.15) is 16.8 Å². The third kappa shape index (κ3) is 17.1. The van der Waals surface area contributed by atoms with Gasteiger partial charge in [-0.1, -0.05) is 71.1 Å². The van der Waals surface area contributed by atoms with Gasteiger partial charge in [0, 0.05) is 0 Å². The molecule has 26 heavy (non-hydrogen) atoms. The van der Waals surface area contributed by atoms with Crippen LogP contribution in [0.25, 0.3) is 0 Å². The molecular weight excluding hydrogens is 388 g/mol. The fraction of sp³-hybridized carbons (Fsp3) is 1.00. The van der Waals surface area contributed by atoms with Gasteiger partial charge in [-0.15, -0.1) is 0 Å². The van der Waals surface area contributed by atoms with E-state index in [4.69, 9.17) is 9.11 Å². The van der Waals surface area contributed by atoms with E-state index in [0.29, 0.717) is 6.42 Å². The molecule has 0 aliphatic heterocycles. The smallest absolute Gasteiger partial charge is 0.390 e. The van der Waals surface area contributed by atoms with Crippen molar-refractivity contribution in [2.45, 2.75) is 89.8 Å². The minimum Gasteiger partial charge on any atom is -0.390 e. The van der Waals surface area contributed by atoms with E-state index < -0.39 is 39.6 Å². The van der Waals surface area contributed by atoms with Crippen LogP contribution in [0.3, 0.4) is 0 Å². The van der Waals surface area contributed by atoms with Crippen molar-refractivity contribution >= 4 is 20.8 Å². The average Bonchev–Trinajstić information content (AvgIpc) is 2.51. The molecule has 0 aromatic rings. The molecule has 0 aromatic heterocycles. The molecule has 0 bridgehead atoms. The number of unbranched alkanes of at least 4 members (excludes halogenated alkanes) is 9. The van der Waals surface area contributed by atoms with Gasteiger partial charge in [-0.25, -0.2) is 8.37 Å². The SMILES string of the molecule is CCCCCCCCCCCCC(O)C(COS(=O)(=O)O)OS(=O)(=O)O. The summed E-state index contributed by atoms with van der Waals surface area (Å²) in [5, 5.41) is 9.94. The van der Waals surface area contributed by atoms with Gasteiger partial charge in [0.1, 0.15) is 6.10 Å². The quantitative estimate of drug-likeness (QED) is 0.238. The summed E-state index contributed by atoms with van der Waals surface area (Å²) < 4.78 is 68.1. The zero-order valence-corrected chi connectivity index (χ0v) is 16.9. The van der Waals surface area contributed by atoms with Crippen molar-refractivity contribution in [1.29, 1.82) is 0 Å². The standard InChI is InChI=1S/C15H32O9S2/c1-2-3-4-5-6-7-8-9-10-11-12-14(16)15(24-26(20,21)22)13-23-25(17,18)19/h14-16H,2-13H2,1H3,(H,17,18,19)(H,20,21,22). The Balaban J connectivity index is 4.03. The fourth-order valence-electron chi connectivity index (χ4n) is 2.54. The van der Waals surface area contributed by atoms with Gasteiger partial charge in [0.05, 0.1) is 12.7 Å². The number of hydrogen-bond donors (Lipinski definition) is 3. The van der Waals surface area contributed by atoms with Crippen LogP contribution in [0.2, 0.25) is 0 Å². The van der Waals surface area contributed by atoms with Crippen molar-refractivity contribution in [3.63, 3.8) is 0 Å². The summed E-state index contributed by atoms with van der Waals surface area (Å²) >= 11 is 0. The molecule has 3 N–H and O–H groups in total. The van der Waals surface area contributed by atoms with Gasteiger partial charge in [-0.05, 0) is 6.42 Å². The van der Waals surface area contributed by atoms with Crippen LogP contribution < -0.4 is 0 Å². The Morgan fingerprint density at radius 1 is 0.769 bits per heavy atom. The first-order valence-corrected chi connectivity index (χ1v) is 11.7. The van der Waals surface area contributed by atoms with Crippen molar-refractivity contribution in [2.24, 2.45) is 0 Å². The monoisotopic (exact) mass is 420 g/mol. The van der Waals surface area contributed by atoms with E-state index in [0.717, 1.165) is 25.7 Å². The second-order valence-corrected chi connectivity index (χ2v) is 8.45. The lowest BCUT2D eigenvalue weighted by Gasteiger charge is -2.20. The van der Waals surface area contributed by atoms with Gasteiger partial charge >= 0.3 is 20.8 Å². The molecule has 0 heterocycles. The molecule has 0 fully saturated rings. The Hall–Kier alpha value is -0.300. The van der Waals surface area contributed by atoms with Crippen molar-refractivity contribution in [2.75, 3.05) is 6.61 Å². The molecule has 0 rings (SSSR count). The molecule has 0 amide bonds. The molecule has 9 nitrogen and oxygen atoms in total. The Morgan fingerprint density at radius 2 is 1.23 bits per heavy atom. The molecule has 0 radical (unpaired) electrons. The van der Waals surface area contributed by atoms with Crippen LogP contribution in [-0.4, -0.2) is 49.9 Å². The highest BCUT2D eigenvalue weighted by Gasteiger charge is 2.27. The lowest BCUT2D eigenvalue weighted by Crippen LogP contribution is -2.36. The molecule has 11 heteroatoms. The van der Waals surface area contributed by atoms with E-state index in [2.05, 4.69) is 15.3 Å². The van der Waals surface area contributed by atoms with E-state index in [1.807, 2.05) is 0 Å². The van der Waals surface area contributed by atoms with Crippen molar-refractivity contribution in [1.82, 2.24) is 0 Å². The molecule has 0 aliphatic rings. The van der Waals surface area contributed by atoms with Crippen LogP contribution in [0.5, 0.6) is 0 Å². The molecule has 0 saturated heterocycles. The van der Waals surface area contributed by atoms with E-state index >= 15 is 0 Å². The summed E-state index contributed by atoms with van der Waals surface area (Å²) in [5.41, 5.74) is 0. The van der Waals surface area contributed by atoms with Crippen LogP contribution in [-0.2, 0) is 29.2 Å². The van der Waals surface area contributed by atoms with Crippen LogP contribution in [0, 0.1) is 0 Å². The zero-order valence-electron chi connectivity index (χ0n) is 15.2. The number of rotatable bonds is 17. The molecule has 2 atom stereocenters. The largest absolute Gasteiger partial charge is 0.397 e. The highest BCUT2D eigenvalue weighted by molar-refractivity contribution is 7.81. The van der Waals surface area contributed by atoms with Crippen molar-refractivity contribution in [3.05, 3.63) is 0 Å². The summed E-state index contributed by atoms with van der Waals surface area (Å²) in [6, 6.07) is 0. The number of aliphatic hydroxyl groups excluding tert-OH is 1. The van der Waals surface area contributed by atoms with Crippen LogP contribution >= 0.6 is 0 Å². The molecule has 0 saturated carbocycles. The molecule has 0 spiro atoms. The van der Waals surface area contributed by atoms with E-state index in [1.54, 1.807) is 0 Å². The highest BCUT2D eigenvalue weighted by atomic mass is 32.3. The summed E-state index contributed by atoms with van der Waals surface area (Å²) in [4.78, 5) is 0. The lowest BCUT2D eigenvalue weighted by molar-refractivity contribution is -0.000338. The van der Waals surface area contributed by atoms with E-state index in [-0.39, 0.29) is 6.42 Å². The van der Waals surface area contributed by atoms with E-state index in [1.165, 1.54) is 32.1 Å². The second kappa shape index (κ2) is 13.8. The summed E-state index contributed by atoms with van der Waals surface area (Å²) in [6.45, 7) is 1.24. The third-order valence-electron chi connectivity index (χ3n) is 3.91. The first-order valence-electron chi connectivity index (χ1n) is 9.00. The van der Waals surface area contributed by atoms with Gasteiger partial charge in [-0.3, -0.25) is 9.11 Å². The highest BCUT2D eigenvalue weighted by Crippen LogP contribution is 2.15. The van der Waals surface area contributed by atoms with Gasteiger partial charge < -0.3 is 5.11 Å². The van der Waals surface area contributed by atoms with Crippen LogP contribution in [0.4, 0.5) is 0 Å². The first kappa shape index (κ1) is 25.7. The number of aliphatic hydroxyl groups is 1. The Labute approximate surface area is 157 Å². The van der Waals surface area contributed by atoms with Gasteiger partial charge in [0.15, 0.2) is 0 Å². The second-order valence-electron chi connectivity index (χ2n) is 6.31. The maximum atomic E-state index is 10.8. The summed E-state index contributed by atoms with van der Waals surface area (Å²) in [7, 11) is -9.72. The predicted molar refractivity (Wildman–Crippen MR) is 96.4 cm³/mol. The molecule has 2 unspecified atom stereocenters. The Kier molecular flexibility index (Phi) is 13.6. The summed E-state index contributed by atoms with van der Waals surface area (Å²) in [5.74, 6) is 0. The first-order chi connectivity index (χ1) is 12.0. The maximum absolute atomic E-state index is 10.8.